The Kier molecular flexibility index (Phi) is 7.42. The summed E-state index contributed by atoms with van der Waals surface area (Å²) in [7, 11) is 0. The number of amides is 1. The molecule has 4 rings (SSSR count). The molecular formula is C28H26ClNO5. The van der Waals surface area contributed by atoms with E-state index in [0.717, 1.165) is 12.0 Å². The van der Waals surface area contributed by atoms with E-state index in [0.29, 0.717) is 34.9 Å². The van der Waals surface area contributed by atoms with Gasteiger partial charge in [0.1, 0.15) is 17.3 Å². The van der Waals surface area contributed by atoms with Crippen molar-refractivity contribution in [1.29, 1.82) is 0 Å². The number of aliphatic hydroxyl groups excluding tert-OH is 1. The summed E-state index contributed by atoms with van der Waals surface area (Å²) in [6.07, 6.45) is 1.37. The number of hydrogen-bond acceptors (Lipinski definition) is 5. The highest BCUT2D eigenvalue weighted by Crippen LogP contribution is 2.40. The highest BCUT2D eigenvalue weighted by atomic mass is 35.5. The number of aromatic hydroxyl groups is 1. The van der Waals surface area contributed by atoms with Crippen molar-refractivity contribution >= 4 is 29.1 Å². The molecule has 1 saturated heterocycles. The number of carbonyl (C=O) groups is 2. The van der Waals surface area contributed by atoms with Crippen molar-refractivity contribution in [2.24, 2.45) is 0 Å². The minimum atomic E-state index is -0.793. The van der Waals surface area contributed by atoms with Crippen LogP contribution in [0.25, 0.3) is 5.76 Å². The molecule has 1 fully saturated rings. The third-order valence-electron chi connectivity index (χ3n) is 5.90. The summed E-state index contributed by atoms with van der Waals surface area (Å²) in [5.41, 5.74) is 2.00. The number of benzene rings is 3. The Bertz CT molecular complexity index is 1230. The van der Waals surface area contributed by atoms with Crippen LogP contribution in [0.1, 0.15) is 36.1 Å². The average molecular weight is 492 g/mol. The zero-order valence-corrected chi connectivity index (χ0v) is 20.0. The fraction of sp³-hybridized carbons (Fsp3) is 0.214. The minimum Gasteiger partial charge on any atom is -0.508 e. The first-order valence-electron chi connectivity index (χ1n) is 11.4. The molecular weight excluding hydrogens is 466 g/mol. The van der Waals surface area contributed by atoms with E-state index in [9.17, 15) is 19.8 Å². The Morgan fingerprint density at radius 2 is 1.63 bits per heavy atom. The molecule has 3 aromatic carbocycles. The van der Waals surface area contributed by atoms with E-state index in [4.69, 9.17) is 16.3 Å². The molecule has 0 spiro atoms. The van der Waals surface area contributed by atoms with Crippen molar-refractivity contribution in [2.75, 3.05) is 13.2 Å². The lowest BCUT2D eigenvalue weighted by atomic mass is 9.95. The van der Waals surface area contributed by atoms with Gasteiger partial charge in [-0.1, -0.05) is 42.8 Å². The van der Waals surface area contributed by atoms with Gasteiger partial charge in [-0.25, -0.2) is 0 Å². The normalized spacial score (nSPS) is 17.1. The Labute approximate surface area is 209 Å². The number of ether oxygens (including phenoxy) is 1. The summed E-state index contributed by atoms with van der Waals surface area (Å²) >= 11 is 5.97. The highest BCUT2D eigenvalue weighted by molar-refractivity contribution is 6.46. The van der Waals surface area contributed by atoms with E-state index in [-0.39, 0.29) is 23.6 Å². The van der Waals surface area contributed by atoms with Crippen LogP contribution in [0.2, 0.25) is 5.02 Å². The lowest BCUT2D eigenvalue weighted by molar-refractivity contribution is -0.139. The molecule has 1 aliphatic rings. The molecule has 0 radical (unpaired) electrons. The maximum absolute atomic E-state index is 13.1. The van der Waals surface area contributed by atoms with Crippen LogP contribution < -0.4 is 4.74 Å². The number of halogens is 1. The third-order valence-corrected chi connectivity index (χ3v) is 6.16. The van der Waals surface area contributed by atoms with Crippen LogP contribution in [-0.2, 0) is 16.0 Å². The number of phenolic OH excluding ortho intramolecular Hbond substituents is 1. The van der Waals surface area contributed by atoms with Gasteiger partial charge in [0.2, 0.25) is 0 Å². The lowest BCUT2D eigenvalue weighted by Gasteiger charge is -2.25. The van der Waals surface area contributed by atoms with Gasteiger partial charge in [0.15, 0.2) is 0 Å². The second kappa shape index (κ2) is 10.7. The Morgan fingerprint density at radius 3 is 2.26 bits per heavy atom. The van der Waals surface area contributed by atoms with Crippen molar-refractivity contribution in [3.8, 4) is 11.5 Å². The van der Waals surface area contributed by atoms with E-state index >= 15 is 0 Å². The molecule has 6 nitrogen and oxygen atoms in total. The van der Waals surface area contributed by atoms with Crippen LogP contribution >= 0.6 is 11.6 Å². The molecule has 1 atom stereocenters. The van der Waals surface area contributed by atoms with Crippen molar-refractivity contribution < 1.29 is 24.5 Å². The molecule has 1 amide bonds. The van der Waals surface area contributed by atoms with Crippen LogP contribution in [0, 0.1) is 0 Å². The highest BCUT2D eigenvalue weighted by Gasteiger charge is 2.45. The van der Waals surface area contributed by atoms with Gasteiger partial charge in [0, 0.05) is 17.1 Å². The first-order chi connectivity index (χ1) is 16.9. The molecule has 0 aromatic heterocycles. The number of Topliss-reactive ketones (excluding diaryl/α,β-unsaturated/α-hetero) is 1. The molecule has 1 aliphatic heterocycles. The molecule has 2 N–H and O–H groups in total. The average Bonchev–Trinajstić information content (AvgIpc) is 3.12. The van der Waals surface area contributed by atoms with Gasteiger partial charge < -0.3 is 19.8 Å². The van der Waals surface area contributed by atoms with Gasteiger partial charge in [-0.3, -0.25) is 9.59 Å². The minimum absolute atomic E-state index is 0.0130. The van der Waals surface area contributed by atoms with Gasteiger partial charge in [-0.05, 0) is 72.5 Å². The number of phenols is 1. The predicted octanol–water partition coefficient (Wildman–Crippen LogP) is 5.50. The molecule has 1 heterocycles. The summed E-state index contributed by atoms with van der Waals surface area (Å²) in [6.45, 7) is 2.85. The topological polar surface area (TPSA) is 87.1 Å². The zero-order chi connectivity index (χ0) is 24.9. The first-order valence-corrected chi connectivity index (χ1v) is 11.8. The van der Waals surface area contributed by atoms with Gasteiger partial charge in [-0.2, -0.15) is 0 Å². The Hall–Kier alpha value is -3.77. The summed E-state index contributed by atoms with van der Waals surface area (Å²) in [6, 6.07) is 19.5. The lowest BCUT2D eigenvalue weighted by Crippen LogP contribution is -2.31. The monoisotopic (exact) mass is 491 g/mol. The van der Waals surface area contributed by atoms with E-state index in [2.05, 4.69) is 0 Å². The Balaban J connectivity index is 1.71. The number of likely N-dealkylation sites (tertiary alicyclic amines) is 1. The standard InChI is InChI=1S/C28H26ClNO5/c1-2-17-35-23-13-7-20(8-14-23)26(32)24-25(19-5-11-22(31)12-6-19)30(28(34)27(24)33)16-15-18-3-9-21(29)10-4-18/h3-14,25,31-32H,2,15-17H2,1H3/b26-24-. The summed E-state index contributed by atoms with van der Waals surface area (Å²) in [5.74, 6) is -0.960. The van der Waals surface area contributed by atoms with Crippen molar-refractivity contribution in [3.05, 3.63) is 100 Å². The second-order valence-corrected chi connectivity index (χ2v) is 8.77. The first kappa shape index (κ1) is 24.4. The van der Waals surface area contributed by atoms with Crippen LogP contribution in [0.4, 0.5) is 0 Å². The number of ketones is 1. The zero-order valence-electron chi connectivity index (χ0n) is 19.3. The van der Waals surface area contributed by atoms with E-state index < -0.39 is 17.7 Å². The molecule has 0 aliphatic carbocycles. The molecule has 7 heteroatoms. The number of carbonyl (C=O) groups excluding carboxylic acids is 2. The maximum Gasteiger partial charge on any atom is 0.295 e. The summed E-state index contributed by atoms with van der Waals surface area (Å²) in [5, 5.41) is 21.5. The molecule has 180 valence electrons. The van der Waals surface area contributed by atoms with Gasteiger partial charge >= 0.3 is 0 Å². The van der Waals surface area contributed by atoms with Crippen LogP contribution in [0.3, 0.4) is 0 Å². The van der Waals surface area contributed by atoms with Crippen molar-refractivity contribution in [3.63, 3.8) is 0 Å². The number of rotatable bonds is 8. The van der Waals surface area contributed by atoms with Crippen molar-refractivity contribution in [2.45, 2.75) is 25.8 Å². The predicted molar refractivity (Wildman–Crippen MR) is 135 cm³/mol. The molecule has 3 aromatic rings. The third kappa shape index (κ3) is 5.33. The number of nitrogens with zero attached hydrogens (tertiary/aromatic N) is 1. The smallest absolute Gasteiger partial charge is 0.295 e. The Morgan fingerprint density at radius 1 is 0.971 bits per heavy atom. The van der Waals surface area contributed by atoms with E-state index in [1.165, 1.54) is 17.0 Å². The SMILES string of the molecule is CCCOc1ccc(/C(O)=C2/C(=O)C(=O)N(CCc3ccc(Cl)cc3)C2c2ccc(O)cc2)cc1. The van der Waals surface area contributed by atoms with Crippen LogP contribution in [0.5, 0.6) is 11.5 Å². The molecule has 0 bridgehead atoms. The van der Waals surface area contributed by atoms with E-state index in [1.54, 1.807) is 48.5 Å². The molecule has 35 heavy (non-hydrogen) atoms. The second-order valence-electron chi connectivity index (χ2n) is 8.33. The van der Waals surface area contributed by atoms with Crippen molar-refractivity contribution in [1.82, 2.24) is 4.90 Å². The van der Waals surface area contributed by atoms with Gasteiger partial charge in [0.05, 0.1) is 18.2 Å². The summed E-state index contributed by atoms with van der Waals surface area (Å²) in [4.78, 5) is 27.7. The van der Waals surface area contributed by atoms with E-state index in [1.807, 2.05) is 19.1 Å². The maximum atomic E-state index is 13.1. The van der Waals surface area contributed by atoms with Gasteiger partial charge in [0.25, 0.3) is 11.7 Å². The number of aliphatic hydroxyl groups is 1. The quantitative estimate of drug-likeness (QED) is 0.247. The fourth-order valence-electron chi connectivity index (χ4n) is 4.10. The molecule has 1 unspecified atom stereocenters. The fourth-order valence-corrected chi connectivity index (χ4v) is 4.22. The van der Waals surface area contributed by atoms with Crippen LogP contribution in [0.15, 0.2) is 78.4 Å². The van der Waals surface area contributed by atoms with Gasteiger partial charge in [-0.15, -0.1) is 0 Å². The molecule has 0 saturated carbocycles. The summed E-state index contributed by atoms with van der Waals surface area (Å²) < 4.78 is 5.59. The number of hydrogen-bond donors (Lipinski definition) is 2. The largest absolute Gasteiger partial charge is 0.508 e. The van der Waals surface area contributed by atoms with Crippen LogP contribution in [-0.4, -0.2) is 40.0 Å².